The standard InChI is InChI=1S/C11H14FN3S/c1-11(4-5-16-10(14)15-11)8-6-7(13)2-3-9(8)12/h2-3,6H,4-5,13H2,1H3,(H2,14,15). The Balaban J connectivity index is 2.50. The Morgan fingerprint density at radius 2 is 2.19 bits per heavy atom. The molecule has 1 heterocycles. The molecular formula is C11H14FN3S. The Morgan fingerprint density at radius 3 is 2.88 bits per heavy atom. The summed E-state index contributed by atoms with van der Waals surface area (Å²) in [7, 11) is 0. The van der Waals surface area contributed by atoms with Crippen LogP contribution in [-0.2, 0) is 5.54 Å². The van der Waals surface area contributed by atoms with E-state index in [2.05, 4.69) is 4.99 Å². The van der Waals surface area contributed by atoms with Crippen LogP contribution in [0.15, 0.2) is 23.2 Å². The van der Waals surface area contributed by atoms with Gasteiger partial charge in [-0.15, -0.1) is 0 Å². The second-order valence-corrected chi connectivity index (χ2v) is 5.18. The van der Waals surface area contributed by atoms with Gasteiger partial charge in [0.1, 0.15) is 5.82 Å². The molecule has 0 spiro atoms. The van der Waals surface area contributed by atoms with E-state index in [0.717, 1.165) is 12.2 Å². The van der Waals surface area contributed by atoms with Crippen LogP contribution in [0.4, 0.5) is 10.1 Å². The predicted octanol–water partition coefficient (Wildman–Crippen LogP) is 2.07. The number of halogens is 1. The van der Waals surface area contributed by atoms with E-state index in [1.54, 1.807) is 12.1 Å². The molecule has 5 heteroatoms. The number of hydrogen-bond donors (Lipinski definition) is 2. The Hall–Kier alpha value is -1.23. The van der Waals surface area contributed by atoms with Gasteiger partial charge >= 0.3 is 0 Å². The number of hydrogen-bond acceptors (Lipinski definition) is 4. The molecule has 4 N–H and O–H groups in total. The van der Waals surface area contributed by atoms with Gasteiger partial charge in [-0.2, -0.15) is 0 Å². The van der Waals surface area contributed by atoms with Crippen LogP contribution in [0.2, 0.25) is 0 Å². The molecule has 0 bridgehead atoms. The summed E-state index contributed by atoms with van der Waals surface area (Å²) < 4.78 is 13.8. The highest BCUT2D eigenvalue weighted by Gasteiger charge is 2.32. The van der Waals surface area contributed by atoms with E-state index in [0.29, 0.717) is 16.4 Å². The molecule has 1 aliphatic heterocycles. The van der Waals surface area contributed by atoms with Gasteiger partial charge in [-0.1, -0.05) is 11.8 Å². The van der Waals surface area contributed by atoms with Crippen molar-refractivity contribution < 1.29 is 4.39 Å². The number of nitrogens with two attached hydrogens (primary N) is 2. The SMILES string of the molecule is CC1(c2cc(N)ccc2F)CCSC(N)=N1. The Morgan fingerprint density at radius 1 is 1.44 bits per heavy atom. The molecule has 16 heavy (non-hydrogen) atoms. The van der Waals surface area contributed by atoms with Gasteiger partial charge in [0.05, 0.1) is 5.54 Å². The molecule has 0 saturated carbocycles. The van der Waals surface area contributed by atoms with Crippen LogP contribution in [0.3, 0.4) is 0 Å². The van der Waals surface area contributed by atoms with Gasteiger partial charge in [-0.3, -0.25) is 4.99 Å². The van der Waals surface area contributed by atoms with Crippen LogP contribution in [0.25, 0.3) is 0 Å². The summed E-state index contributed by atoms with van der Waals surface area (Å²) in [5.41, 5.74) is 11.9. The van der Waals surface area contributed by atoms with Gasteiger partial charge < -0.3 is 11.5 Å². The van der Waals surface area contributed by atoms with Crippen LogP contribution in [-0.4, -0.2) is 10.9 Å². The minimum Gasteiger partial charge on any atom is -0.399 e. The molecule has 86 valence electrons. The number of amidine groups is 1. The normalized spacial score (nSPS) is 25.2. The van der Waals surface area contributed by atoms with Crippen LogP contribution in [0.1, 0.15) is 18.9 Å². The summed E-state index contributed by atoms with van der Waals surface area (Å²) in [4.78, 5) is 4.35. The number of nitrogen functional groups attached to an aromatic ring is 1. The highest BCUT2D eigenvalue weighted by atomic mass is 32.2. The van der Waals surface area contributed by atoms with Crippen molar-refractivity contribution in [2.45, 2.75) is 18.9 Å². The highest BCUT2D eigenvalue weighted by molar-refractivity contribution is 8.13. The zero-order chi connectivity index (χ0) is 11.8. The summed E-state index contributed by atoms with van der Waals surface area (Å²) in [6, 6.07) is 4.57. The fourth-order valence-electron chi connectivity index (χ4n) is 1.84. The van der Waals surface area contributed by atoms with Crippen molar-refractivity contribution in [1.29, 1.82) is 0 Å². The largest absolute Gasteiger partial charge is 0.399 e. The van der Waals surface area contributed by atoms with Crippen molar-refractivity contribution in [2.24, 2.45) is 10.7 Å². The van der Waals surface area contributed by atoms with E-state index >= 15 is 0 Å². The third-order valence-electron chi connectivity index (χ3n) is 2.77. The second-order valence-electron chi connectivity index (χ2n) is 4.06. The van der Waals surface area contributed by atoms with Crippen molar-refractivity contribution in [3.8, 4) is 0 Å². The molecule has 1 unspecified atom stereocenters. The lowest BCUT2D eigenvalue weighted by Crippen LogP contribution is -2.29. The fourth-order valence-corrected chi connectivity index (χ4v) is 2.81. The van der Waals surface area contributed by atoms with E-state index in [4.69, 9.17) is 11.5 Å². The zero-order valence-corrected chi connectivity index (χ0v) is 9.85. The van der Waals surface area contributed by atoms with E-state index in [1.165, 1.54) is 17.8 Å². The first-order chi connectivity index (χ1) is 7.51. The maximum atomic E-state index is 13.8. The summed E-state index contributed by atoms with van der Waals surface area (Å²) in [5, 5.41) is 0.510. The predicted molar refractivity (Wildman–Crippen MR) is 66.9 cm³/mol. The molecule has 0 aromatic heterocycles. The summed E-state index contributed by atoms with van der Waals surface area (Å²) in [5.74, 6) is 0.570. The van der Waals surface area contributed by atoms with Crippen LogP contribution < -0.4 is 11.5 Å². The Labute approximate surface area is 98.1 Å². The topological polar surface area (TPSA) is 64.4 Å². The maximum Gasteiger partial charge on any atom is 0.154 e. The van der Waals surface area contributed by atoms with Gasteiger partial charge in [0, 0.05) is 17.0 Å². The monoisotopic (exact) mass is 239 g/mol. The first-order valence-corrected chi connectivity index (χ1v) is 6.03. The number of rotatable bonds is 1. The summed E-state index contributed by atoms with van der Waals surface area (Å²) >= 11 is 1.50. The van der Waals surface area contributed by atoms with E-state index in [-0.39, 0.29) is 5.82 Å². The van der Waals surface area contributed by atoms with E-state index in [1.807, 2.05) is 6.92 Å². The molecule has 2 rings (SSSR count). The molecule has 0 fully saturated rings. The number of benzene rings is 1. The third-order valence-corrected chi connectivity index (χ3v) is 3.56. The van der Waals surface area contributed by atoms with E-state index < -0.39 is 5.54 Å². The van der Waals surface area contributed by atoms with Crippen LogP contribution >= 0.6 is 11.8 Å². The Kier molecular flexibility index (Phi) is 2.80. The van der Waals surface area contributed by atoms with Gasteiger partial charge in [0.25, 0.3) is 0 Å². The third kappa shape index (κ3) is 2.00. The number of nitrogens with zero attached hydrogens (tertiary/aromatic N) is 1. The van der Waals surface area contributed by atoms with Crippen molar-refractivity contribution in [2.75, 3.05) is 11.5 Å². The average Bonchev–Trinajstić information content (AvgIpc) is 2.21. The fraction of sp³-hybridized carbons (Fsp3) is 0.364. The van der Waals surface area contributed by atoms with Gasteiger partial charge in [0.2, 0.25) is 0 Å². The quantitative estimate of drug-likeness (QED) is 0.737. The second kappa shape index (κ2) is 3.97. The summed E-state index contributed by atoms with van der Waals surface area (Å²) in [6.07, 6.45) is 0.763. The maximum absolute atomic E-state index is 13.8. The molecule has 0 radical (unpaired) electrons. The first-order valence-electron chi connectivity index (χ1n) is 5.05. The van der Waals surface area contributed by atoms with Crippen molar-refractivity contribution in [1.82, 2.24) is 0 Å². The molecule has 0 saturated heterocycles. The highest BCUT2D eigenvalue weighted by Crippen LogP contribution is 2.36. The Bertz CT molecular complexity index is 447. The zero-order valence-electron chi connectivity index (χ0n) is 9.03. The molecule has 3 nitrogen and oxygen atoms in total. The first kappa shape index (κ1) is 11.3. The number of aliphatic imine (C=N–C) groups is 1. The lowest BCUT2D eigenvalue weighted by Gasteiger charge is -2.30. The summed E-state index contributed by atoms with van der Waals surface area (Å²) in [6.45, 7) is 1.89. The van der Waals surface area contributed by atoms with Gasteiger partial charge in [-0.05, 0) is 31.5 Å². The minimum absolute atomic E-state index is 0.278. The molecule has 0 amide bonds. The lowest BCUT2D eigenvalue weighted by atomic mass is 9.89. The molecule has 1 atom stereocenters. The molecule has 0 aliphatic carbocycles. The number of anilines is 1. The van der Waals surface area contributed by atoms with Gasteiger partial charge in [0.15, 0.2) is 5.17 Å². The van der Waals surface area contributed by atoms with Crippen molar-refractivity contribution in [3.63, 3.8) is 0 Å². The molecule has 1 aromatic rings. The molecule has 1 aliphatic rings. The average molecular weight is 239 g/mol. The van der Waals surface area contributed by atoms with Gasteiger partial charge in [-0.25, -0.2) is 4.39 Å². The smallest absolute Gasteiger partial charge is 0.154 e. The molecule has 1 aromatic carbocycles. The van der Waals surface area contributed by atoms with Crippen LogP contribution in [0.5, 0.6) is 0 Å². The molecular weight excluding hydrogens is 225 g/mol. The minimum atomic E-state index is -0.588. The van der Waals surface area contributed by atoms with Crippen molar-refractivity contribution in [3.05, 3.63) is 29.6 Å². The number of thioether (sulfide) groups is 1. The van der Waals surface area contributed by atoms with Crippen LogP contribution in [0, 0.1) is 5.82 Å². The van der Waals surface area contributed by atoms with E-state index in [9.17, 15) is 4.39 Å². The lowest BCUT2D eigenvalue weighted by molar-refractivity contribution is 0.450. The van der Waals surface area contributed by atoms with Crippen molar-refractivity contribution >= 4 is 22.6 Å².